The van der Waals surface area contributed by atoms with Gasteiger partial charge in [-0.3, -0.25) is 4.79 Å². The number of aliphatic hydroxyl groups is 3. The Morgan fingerprint density at radius 3 is 1.30 bits per heavy atom. The molecule has 0 aromatic rings. The highest BCUT2D eigenvalue weighted by Gasteiger charge is 2.26. The van der Waals surface area contributed by atoms with E-state index >= 15 is 0 Å². The van der Waals surface area contributed by atoms with Crippen LogP contribution in [-0.2, 0) is 4.79 Å². The van der Waals surface area contributed by atoms with Gasteiger partial charge in [0.05, 0.1) is 18.8 Å². The minimum absolute atomic E-state index is 0.157. The molecule has 0 rings (SSSR count). The maximum atomic E-state index is 12.4. The molecule has 0 saturated carbocycles. The van der Waals surface area contributed by atoms with Crippen molar-refractivity contribution in [1.82, 2.24) is 5.32 Å². The van der Waals surface area contributed by atoms with Crippen LogP contribution < -0.4 is 5.32 Å². The van der Waals surface area contributed by atoms with Gasteiger partial charge in [-0.2, -0.15) is 0 Å². The second-order valence-electron chi connectivity index (χ2n) is 14.2. The molecule has 5 heteroatoms. The van der Waals surface area contributed by atoms with Gasteiger partial charge in [0.1, 0.15) is 6.10 Å². The van der Waals surface area contributed by atoms with Gasteiger partial charge in [-0.05, 0) is 51.4 Å². The molecule has 4 N–H and O–H groups in total. The lowest BCUT2D eigenvalue weighted by Crippen LogP contribution is -2.50. The lowest BCUT2D eigenvalue weighted by atomic mass is 10.0. The summed E-state index contributed by atoms with van der Waals surface area (Å²) in [5.41, 5.74) is 0. The molecule has 0 aliphatic carbocycles. The summed E-state index contributed by atoms with van der Waals surface area (Å²) in [5, 5.41) is 33.4. The lowest BCUT2D eigenvalue weighted by Gasteiger charge is -2.26. The third-order valence-corrected chi connectivity index (χ3v) is 9.54. The zero-order valence-corrected chi connectivity index (χ0v) is 31.4. The van der Waals surface area contributed by atoms with E-state index in [0.29, 0.717) is 12.8 Å². The summed E-state index contributed by atoms with van der Waals surface area (Å²) >= 11 is 0. The molecule has 5 nitrogen and oxygen atoms in total. The van der Waals surface area contributed by atoms with Crippen LogP contribution in [-0.4, -0.2) is 46.1 Å². The molecule has 0 bridgehead atoms. The molecule has 0 spiro atoms. The van der Waals surface area contributed by atoms with Crippen molar-refractivity contribution >= 4 is 5.91 Å². The summed E-state index contributed by atoms with van der Waals surface area (Å²) in [6.45, 7) is 4.15. The summed E-state index contributed by atoms with van der Waals surface area (Å²) in [6.07, 6.45) is 44.2. The van der Waals surface area contributed by atoms with E-state index in [1.165, 1.54) is 141 Å². The molecule has 0 fully saturated rings. The van der Waals surface area contributed by atoms with Gasteiger partial charge < -0.3 is 20.6 Å². The normalized spacial score (nSPS) is 13.9. The number of aliphatic hydroxyl groups excluding tert-OH is 3. The predicted molar refractivity (Wildman–Crippen MR) is 204 cm³/mol. The molecule has 3 atom stereocenters. The fourth-order valence-electron chi connectivity index (χ4n) is 6.30. The van der Waals surface area contributed by atoms with Gasteiger partial charge in [0.25, 0.3) is 0 Å². The first kappa shape index (κ1) is 45.8. The van der Waals surface area contributed by atoms with E-state index < -0.39 is 18.2 Å². The zero-order valence-electron chi connectivity index (χ0n) is 31.4. The topological polar surface area (TPSA) is 89.8 Å². The Bertz CT molecular complexity index is 694. The van der Waals surface area contributed by atoms with Gasteiger partial charge in [-0.1, -0.05) is 179 Å². The van der Waals surface area contributed by atoms with Gasteiger partial charge in [0.2, 0.25) is 5.91 Å². The molecular weight excluding hydrogens is 582 g/mol. The van der Waals surface area contributed by atoms with Crippen molar-refractivity contribution in [2.75, 3.05) is 6.61 Å². The Morgan fingerprint density at radius 1 is 0.511 bits per heavy atom. The molecule has 0 radical (unpaired) electrons. The van der Waals surface area contributed by atoms with E-state index in [-0.39, 0.29) is 12.5 Å². The highest BCUT2D eigenvalue weighted by Crippen LogP contribution is 2.15. The van der Waals surface area contributed by atoms with Crippen LogP contribution >= 0.6 is 0 Å². The van der Waals surface area contributed by atoms with Crippen LogP contribution in [0.15, 0.2) is 24.3 Å². The number of carbonyl (C=O) groups excluding carboxylic acids is 1. The Morgan fingerprint density at radius 2 is 0.872 bits per heavy atom. The van der Waals surface area contributed by atoms with Crippen LogP contribution in [0.4, 0.5) is 0 Å². The first-order chi connectivity index (χ1) is 23.1. The molecule has 0 aromatic carbocycles. The van der Waals surface area contributed by atoms with E-state index in [0.717, 1.165) is 44.9 Å². The van der Waals surface area contributed by atoms with E-state index in [1.807, 2.05) is 0 Å². The van der Waals surface area contributed by atoms with Crippen LogP contribution in [0.2, 0.25) is 0 Å². The van der Waals surface area contributed by atoms with E-state index in [4.69, 9.17) is 0 Å². The summed E-state index contributed by atoms with van der Waals surface area (Å²) in [7, 11) is 0. The Balaban J connectivity index is 3.67. The largest absolute Gasteiger partial charge is 0.394 e. The van der Waals surface area contributed by atoms with Crippen molar-refractivity contribution in [2.24, 2.45) is 0 Å². The van der Waals surface area contributed by atoms with Crippen molar-refractivity contribution in [3.05, 3.63) is 24.3 Å². The standard InChI is InChI=1S/C42H81NO4/c1-3-5-7-9-11-13-15-17-19-20-21-22-23-25-27-29-31-33-35-37-41(46)43-39(38-44)42(47)40(45)36-34-32-30-28-26-24-18-16-14-12-10-8-6-4-2/h16,18,28,30,39-40,42,44-45,47H,3-15,17,19-27,29,31-38H2,1-2H3,(H,43,46)/b18-16+,30-28+. The fraction of sp³-hybridized carbons (Fsp3) is 0.881. The van der Waals surface area contributed by atoms with Crippen LogP contribution in [0, 0.1) is 0 Å². The summed E-state index contributed by atoms with van der Waals surface area (Å²) in [5.74, 6) is -0.157. The van der Waals surface area contributed by atoms with Crippen molar-refractivity contribution < 1.29 is 20.1 Å². The second-order valence-corrected chi connectivity index (χ2v) is 14.2. The predicted octanol–water partition coefficient (Wildman–Crippen LogP) is 11.4. The quantitative estimate of drug-likeness (QED) is 0.0393. The number of hydrogen-bond donors (Lipinski definition) is 4. The minimum atomic E-state index is -1.16. The van der Waals surface area contributed by atoms with Crippen molar-refractivity contribution in [2.45, 2.75) is 231 Å². The first-order valence-corrected chi connectivity index (χ1v) is 20.6. The Labute approximate surface area is 292 Å². The molecule has 278 valence electrons. The molecule has 47 heavy (non-hydrogen) atoms. The molecule has 1 amide bonds. The molecule has 0 aliphatic rings. The molecule has 0 aliphatic heterocycles. The average molecular weight is 664 g/mol. The summed E-state index contributed by atoms with van der Waals surface area (Å²) in [4.78, 5) is 12.4. The van der Waals surface area contributed by atoms with Crippen LogP contribution in [0.5, 0.6) is 0 Å². The van der Waals surface area contributed by atoms with Gasteiger partial charge in [0.15, 0.2) is 0 Å². The average Bonchev–Trinajstić information content (AvgIpc) is 3.07. The minimum Gasteiger partial charge on any atom is -0.394 e. The third kappa shape index (κ3) is 33.1. The number of hydrogen-bond acceptors (Lipinski definition) is 4. The molecule has 0 aromatic heterocycles. The smallest absolute Gasteiger partial charge is 0.220 e. The molecule has 0 saturated heterocycles. The van der Waals surface area contributed by atoms with E-state index in [2.05, 4.69) is 43.5 Å². The van der Waals surface area contributed by atoms with Crippen molar-refractivity contribution in [3.8, 4) is 0 Å². The van der Waals surface area contributed by atoms with Gasteiger partial charge >= 0.3 is 0 Å². The highest BCUT2D eigenvalue weighted by atomic mass is 16.3. The maximum absolute atomic E-state index is 12.4. The van der Waals surface area contributed by atoms with Gasteiger partial charge in [0, 0.05) is 6.42 Å². The van der Waals surface area contributed by atoms with Crippen LogP contribution in [0.3, 0.4) is 0 Å². The molecular formula is C42H81NO4. The van der Waals surface area contributed by atoms with Crippen molar-refractivity contribution in [3.63, 3.8) is 0 Å². The highest BCUT2D eigenvalue weighted by molar-refractivity contribution is 5.76. The number of rotatable bonds is 37. The third-order valence-electron chi connectivity index (χ3n) is 9.54. The number of unbranched alkanes of at least 4 members (excludes halogenated alkanes) is 25. The monoisotopic (exact) mass is 664 g/mol. The van der Waals surface area contributed by atoms with Crippen LogP contribution in [0.25, 0.3) is 0 Å². The number of allylic oxidation sites excluding steroid dienone is 4. The second kappa shape index (κ2) is 37.6. The summed E-state index contributed by atoms with van der Waals surface area (Å²) < 4.78 is 0. The Kier molecular flexibility index (Phi) is 36.7. The number of nitrogens with one attached hydrogen (secondary N) is 1. The zero-order chi connectivity index (χ0) is 34.5. The number of carbonyl (C=O) groups is 1. The van der Waals surface area contributed by atoms with Gasteiger partial charge in [-0.15, -0.1) is 0 Å². The van der Waals surface area contributed by atoms with Crippen molar-refractivity contribution in [1.29, 1.82) is 0 Å². The van der Waals surface area contributed by atoms with Gasteiger partial charge in [-0.25, -0.2) is 0 Å². The van der Waals surface area contributed by atoms with Crippen LogP contribution in [0.1, 0.15) is 213 Å². The van der Waals surface area contributed by atoms with E-state index in [1.54, 1.807) is 0 Å². The summed E-state index contributed by atoms with van der Waals surface area (Å²) in [6, 6.07) is -0.827. The lowest BCUT2D eigenvalue weighted by molar-refractivity contribution is -0.124. The Hall–Kier alpha value is -1.17. The molecule has 0 heterocycles. The maximum Gasteiger partial charge on any atom is 0.220 e. The SMILES string of the molecule is CCCCCCC/C=C/CC/C=C/CCCC(O)C(O)C(CO)NC(=O)CCCCCCCCCCCCCCCCCCCCC. The fourth-order valence-corrected chi connectivity index (χ4v) is 6.30. The first-order valence-electron chi connectivity index (χ1n) is 20.6. The number of amides is 1. The molecule has 3 unspecified atom stereocenters. The van der Waals surface area contributed by atoms with E-state index in [9.17, 15) is 20.1 Å².